The lowest BCUT2D eigenvalue weighted by atomic mass is 10.0. The van der Waals surface area contributed by atoms with E-state index in [9.17, 15) is 4.79 Å². The number of ether oxygens (including phenoxy) is 1. The van der Waals surface area contributed by atoms with Crippen LogP contribution >= 0.6 is 0 Å². The highest BCUT2D eigenvalue weighted by Gasteiger charge is 2.21. The maximum absolute atomic E-state index is 12.0. The second-order valence-electron chi connectivity index (χ2n) is 8.03. The van der Waals surface area contributed by atoms with Crippen LogP contribution in [0, 0.1) is 0 Å². The van der Waals surface area contributed by atoms with Gasteiger partial charge in [-0.2, -0.15) is 0 Å². The lowest BCUT2D eigenvalue weighted by Gasteiger charge is -2.35. The van der Waals surface area contributed by atoms with Gasteiger partial charge >= 0.3 is 0 Å². The van der Waals surface area contributed by atoms with E-state index in [-0.39, 0.29) is 12.5 Å². The van der Waals surface area contributed by atoms with E-state index in [0.29, 0.717) is 12.1 Å². The van der Waals surface area contributed by atoms with Crippen LogP contribution < -0.4 is 15.4 Å². The molecule has 0 radical (unpaired) electrons. The Hall–Kier alpha value is -2.28. The molecule has 1 aliphatic rings. The van der Waals surface area contributed by atoms with Gasteiger partial charge in [-0.05, 0) is 50.8 Å². The number of likely N-dealkylation sites (N-methyl/N-ethyl adjacent to an activating group) is 1. The molecule has 0 spiro atoms. The first-order valence-corrected chi connectivity index (χ1v) is 10.5. The van der Waals surface area contributed by atoms with E-state index in [4.69, 9.17) is 4.74 Å². The molecule has 2 N–H and O–H groups in total. The molecule has 0 aromatic heterocycles. The highest BCUT2D eigenvalue weighted by Crippen LogP contribution is 2.13. The third-order valence-corrected chi connectivity index (χ3v) is 5.34. The lowest BCUT2D eigenvalue weighted by molar-refractivity contribution is -0.127. The number of guanidine groups is 1. The van der Waals surface area contributed by atoms with Crippen LogP contribution in [0.25, 0.3) is 0 Å². The van der Waals surface area contributed by atoms with Crippen molar-refractivity contribution in [1.82, 2.24) is 20.4 Å². The molecule has 1 aromatic rings. The summed E-state index contributed by atoms with van der Waals surface area (Å²) in [6, 6.07) is 9.06. The molecule has 0 bridgehead atoms. The number of methoxy groups -OCH3 is 1. The Kier molecular flexibility index (Phi) is 9.25. The number of benzene rings is 1. The van der Waals surface area contributed by atoms with E-state index in [1.807, 2.05) is 12.1 Å². The summed E-state index contributed by atoms with van der Waals surface area (Å²) in [7, 11) is 5.18. The minimum atomic E-state index is -0.00381. The number of hydrogen-bond donors (Lipinski definition) is 2. The van der Waals surface area contributed by atoms with Gasteiger partial charge < -0.3 is 25.2 Å². The molecule has 0 saturated carbocycles. The summed E-state index contributed by atoms with van der Waals surface area (Å²) in [5, 5.41) is 6.93. The number of amides is 1. The van der Waals surface area contributed by atoms with Gasteiger partial charge in [0.1, 0.15) is 12.3 Å². The summed E-state index contributed by atoms with van der Waals surface area (Å²) < 4.78 is 5.21. The van der Waals surface area contributed by atoms with Crippen LogP contribution in [0.5, 0.6) is 5.75 Å². The molecular formula is C22H37N5O2. The van der Waals surface area contributed by atoms with E-state index < -0.39 is 0 Å². The third kappa shape index (κ3) is 7.93. The first kappa shape index (κ1) is 23.0. The zero-order valence-corrected chi connectivity index (χ0v) is 18.6. The topological polar surface area (TPSA) is 69.2 Å². The van der Waals surface area contributed by atoms with Crippen LogP contribution in [0.4, 0.5) is 0 Å². The number of aliphatic imine (C=N–C) groups is 1. The molecule has 1 fully saturated rings. The molecule has 0 unspecified atom stereocenters. The van der Waals surface area contributed by atoms with Crippen LogP contribution in [0.3, 0.4) is 0 Å². The average Bonchev–Trinajstić information content (AvgIpc) is 2.72. The first-order chi connectivity index (χ1) is 13.9. The highest BCUT2D eigenvalue weighted by molar-refractivity contribution is 5.84. The Morgan fingerprint density at radius 2 is 1.90 bits per heavy atom. The standard InChI is InChI=1S/C22H37N5O2/c1-17(2)27-14-11-19(12-15-27)25-22(24-16-21(28)26(3)4)23-13-10-18-6-8-20(29-5)9-7-18/h6-9,17,19H,10-16H2,1-5H3,(H2,23,24,25). The van der Waals surface area contributed by atoms with Crippen molar-refractivity contribution in [3.8, 4) is 5.75 Å². The van der Waals surface area contributed by atoms with Crippen molar-refractivity contribution < 1.29 is 9.53 Å². The molecule has 7 heteroatoms. The monoisotopic (exact) mass is 403 g/mol. The molecular weight excluding hydrogens is 366 g/mol. The van der Waals surface area contributed by atoms with E-state index in [0.717, 1.165) is 50.6 Å². The predicted molar refractivity (Wildman–Crippen MR) is 119 cm³/mol. The number of carbonyl (C=O) groups excluding carboxylic acids is 1. The normalized spacial score (nSPS) is 16.0. The second-order valence-corrected chi connectivity index (χ2v) is 8.03. The number of carbonyl (C=O) groups is 1. The zero-order valence-electron chi connectivity index (χ0n) is 18.6. The molecule has 0 atom stereocenters. The van der Waals surface area contributed by atoms with Gasteiger partial charge in [0.25, 0.3) is 0 Å². The van der Waals surface area contributed by atoms with Gasteiger partial charge in [0.05, 0.1) is 7.11 Å². The molecule has 2 rings (SSSR count). The maximum atomic E-state index is 12.0. The molecule has 1 heterocycles. The fraction of sp³-hybridized carbons (Fsp3) is 0.636. The van der Waals surface area contributed by atoms with E-state index in [1.54, 1.807) is 26.1 Å². The van der Waals surface area contributed by atoms with Crippen LogP contribution in [-0.4, -0.2) is 81.1 Å². The minimum Gasteiger partial charge on any atom is -0.497 e. The molecule has 7 nitrogen and oxygen atoms in total. The molecule has 1 saturated heterocycles. The fourth-order valence-electron chi connectivity index (χ4n) is 3.31. The Morgan fingerprint density at radius 1 is 1.24 bits per heavy atom. The average molecular weight is 404 g/mol. The second kappa shape index (κ2) is 11.7. The Balaban J connectivity index is 1.90. The van der Waals surface area contributed by atoms with Crippen LogP contribution in [0.15, 0.2) is 29.3 Å². The predicted octanol–water partition coefficient (Wildman–Crippen LogP) is 1.73. The van der Waals surface area contributed by atoms with Crippen molar-refractivity contribution in [2.75, 3.05) is 47.4 Å². The van der Waals surface area contributed by atoms with Gasteiger partial charge in [-0.1, -0.05) is 12.1 Å². The number of nitrogens with zero attached hydrogens (tertiary/aromatic N) is 3. The summed E-state index contributed by atoms with van der Waals surface area (Å²) in [5.41, 5.74) is 1.23. The first-order valence-electron chi connectivity index (χ1n) is 10.5. The summed E-state index contributed by atoms with van der Waals surface area (Å²) in [6.45, 7) is 7.56. The molecule has 1 aliphatic heterocycles. The summed E-state index contributed by atoms with van der Waals surface area (Å²) in [6.07, 6.45) is 3.04. The molecule has 1 amide bonds. The summed E-state index contributed by atoms with van der Waals surface area (Å²) >= 11 is 0. The summed E-state index contributed by atoms with van der Waals surface area (Å²) in [5.74, 6) is 1.58. The number of rotatable bonds is 8. The Labute approximate surface area is 175 Å². The van der Waals surface area contributed by atoms with Crippen LogP contribution in [0.2, 0.25) is 0 Å². The Morgan fingerprint density at radius 3 is 2.45 bits per heavy atom. The zero-order chi connectivity index (χ0) is 21.2. The number of piperidine rings is 1. The smallest absolute Gasteiger partial charge is 0.243 e. The van der Waals surface area contributed by atoms with Gasteiger partial charge in [-0.15, -0.1) is 0 Å². The number of nitrogens with one attached hydrogen (secondary N) is 2. The molecule has 0 aliphatic carbocycles. The van der Waals surface area contributed by atoms with Crippen molar-refractivity contribution in [3.63, 3.8) is 0 Å². The third-order valence-electron chi connectivity index (χ3n) is 5.34. The van der Waals surface area contributed by atoms with Crippen LogP contribution in [0.1, 0.15) is 32.3 Å². The summed E-state index contributed by atoms with van der Waals surface area (Å²) in [4.78, 5) is 20.5. The maximum Gasteiger partial charge on any atom is 0.243 e. The largest absolute Gasteiger partial charge is 0.497 e. The SMILES string of the molecule is COc1ccc(CCNC(=NCC(=O)N(C)C)NC2CCN(C(C)C)CC2)cc1. The van der Waals surface area contributed by atoms with Crippen molar-refractivity contribution in [2.45, 2.75) is 45.2 Å². The van der Waals surface area contributed by atoms with Gasteiger partial charge in [-0.3, -0.25) is 4.79 Å². The lowest BCUT2D eigenvalue weighted by Crippen LogP contribution is -2.50. The van der Waals surface area contributed by atoms with Crippen molar-refractivity contribution in [3.05, 3.63) is 29.8 Å². The van der Waals surface area contributed by atoms with E-state index >= 15 is 0 Å². The quantitative estimate of drug-likeness (QED) is 0.511. The van der Waals surface area contributed by atoms with E-state index in [1.165, 1.54) is 5.56 Å². The fourth-order valence-corrected chi connectivity index (χ4v) is 3.31. The van der Waals surface area contributed by atoms with Gasteiger partial charge in [0.2, 0.25) is 5.91 Å². The molecule has 1 aromatic carbocycles. The highest BCUT2D eigenvalue weighted by atomic mass is 16.5. The number of hydrogen-bond acceptors (Lipinski definition) is 4. The molecule has 162 valence electrons. The van der Waals surface area contributed by atoms with Gasteiger partial charge in [0, 0.05) is 45.8 Å². The van der Waals surface area contributed by atoms with E-state index in [2.05, 4.69) is 46.5 Å². The van der Waals surface area contributed by atoms with Crippen molar-refractivity contribution in [1.29, 1.82) is 0 Å². The van der Waals surface area contributed by atoms with Gasteiger partial charge in [0.15, 0.2) is 5.96 Å². The molecule has 29 heavy (non-hydrogen) atoms. The van der Waals surface area contributed by atoms with Gasteiger partial charge in [-0.25, -0.2) is 4.99 Å². The van der Waals surface area contributed by atoms with Crippen molar-refractivity contribution >= 4 is 11.9 Å². The number of likely N-dealkylation sites (tertiary alicyclic amines) is 1. The van der Waals surface area contributed by atoms with Crippen molar-refractivity contribution in [2.24, 2.45) is 4.99 Å². The minimum absolute atomic E-state index is 0.00381. The van der Waals surface area contributed by atoms with Crippen LogP contribution in [-0.2, 0) is 11.2 Å². The Bertz CT molecular complexity index is 650.